The molecule has 3 fully saturated rings. The molecule has 4 heterocycles. The Morgan fingerprint density at radius 1 is 1.05 bits per heavy atom. The predicted octanol–water partition coefficient (Wildman–Crippen LogP) is 2.69. The van der Waals surface area contributed by atoms with Crippen LogP contribution in [0.25, 0.3) is 0 Å². The fraction of sp³-hybridized carbons (Fsp3) is 0.548. The van der Waals surface area contributed by atoms with Crippen molar-refractivity contribution in [2.75, 3.05) is 12.5 Å². The molecule has 1 aliphatic carbocycles. The van der Waals surface area contributed by atoms with E-state index in [1.54, 1.807) is 61.3 Å². The number of rotatable bonds is 8. The van der Waals surface area contributed by atoms with E-state index in [9.17, 15) is 29.4 Å². The van der Waals surface area contributed by atoms with Crippen molar-refractivity contribution < 1.29 is 38.9 Å². The number of piperazine rings is 1. The van der Waals surface area contributed by atoms with Gasteiger partial charge in [-0.15, -0.1) is 23.5 Å². The van der Waals surface area contributed by atoms with Crippen molar-refractivity contribution in [1.29, 1.82) is 0 Å². The summed E-state index contributed by atoms with van der Waals surface area (Å²) in [6, 6.07) is -1.49. The minimum atomic E-state index is -1.35. The summed E-state index contributed by atoms with van der Waals surface area (Å²) >= 11 is 2.49. The molecule has 0 aromatic heterocycles. The Labute approximate surface area is 259 Å². The molecule has 43 heavy (non-hydrogen) atoms. The summed E-state index contributed by atoms with van der Waals surface area (Å²) < 4.78 is 11.5. The van der Waals surface area contributed by atoms with E-state index >= 15 is 0 Å². The van der Waals surface area contributed by atoms with E-state index < -0.39 is 57.9 Å². The third-order valence-electron chi connectivity index (χ3n) is 9.47. The Kier molecular flexibility index (Phi) is 8.54. The molecule has 4 aliphatic heterocycles. The van der Waals surface area contributed by atoms with Gasteiger partial charge in [0, 0.05) is 18.8 Å². The lowest BCUT2D eigenvalue weighted by Gasteiger charge is -2.54. The molecule has 0 spiro atoms. The van der Waals surface area contributed by atoms with Gasteiger partial charge in [0.1, 0.15) is 6.10 Å². The van der Waals surface area contributed by atoms with Crippen LogP contribution in [0.2, 0.25) is 0 Å². The van der Waals surface area contributed by atoms with Crippen molar-refractivity contribution >= 4 is 47.1 Å². The molecule has 0 aromatic carbocycles. The Morgan fingerprint density at radius 2 is 1.65 bits per heavy atom. The zero-order valence-corrected chi connectivity index (χ0v) is 26.7. The molecule has 2 amide bonds. The van der Waals surface area contributed by atoms with Gasteiger partial charge in [-0.25, -0.2) is 0 Å². The number of carbonyl (C=O) groups is 4. The van der Waals surface area contributed by atoms with Crippen LogP contribution in [-0.4, -0.2) is 96.2 Å². The van der Waals surface area contributed by atoms with Crippen LogP contribution in [0.15, 0.2) is 59.6 Å². The molecule has 2 N–H and O–H groups in total. The third kappa shape index (κ3) is 4.63. The van der Waals surface area contributed by atoms with Gasteiger partial charge in [-0.05, 0) is 56.1 Å². The number of fused-ring (bicyclic) bond motifs is 6. The maximum absolute atomic E-state index is 14.8. The van der Waals surface area contributed by atoms with Crippen LogP contribution >= 0.6 is 23.5 Å². The van der Waals surface area contributed by atoms with Gasteiger partial charge < -0.3 is 29.5 Å². The van der Waals surface area contributed by atoms with Gasteiger partial charge in [0.25, 0.3) is 11.8 Å². The minimum Gasteiger partial charge on any atom is -0.473 e. The highest BCUT2D eigenvalue weighted by atomic mass is 32.2. The van der Waals surface area contributed by atoms with Crippen LogP contribution in [0.3, 0.4) is 0 Å². The number of thioether (sulfide) groups is 2. The molecule has 0 aromatic rings. The Morgan fingerprint density at radius 3 is 2.26 bits per heavy atom. The van der Waals surface area contributed by atoms with E-state index in [0.717, 1.165) is 5.57 Å². The predicted molar refractivity (Wildman–Crippen MR) is 163 cm³/mol. The van der Waals surface area contributed by atoms with Gasteiger partial charge in [0.15, 0.2) is 15.5 Å². The molecule has 232 valence electrons. The molecule has 12 heteroatoms. The first kappa shape index (κ1) is 31.6. The highest BCUT2D eigenvalue weighted by molar-refractivity contribution is 8.01. The van der Waals surface area contributed by atoms with Crippen molar-refractivity contribution in [3.05, 3.63) is 59.6 Å². The van der Waals surface area contributed by atoms with Crippen LogP contribution < -0.4 is 0 Å². The molecule has 9 atom stereocenters. The number of ether oxygens (including phenoxy) is 2. The highest BCUT2D eigenvalue weighted by Gasteiger charge is 2.72. The zero-order valence-electron chi connectivity index (χ0n) is 25.1. The monoisotopic (exact) mass is 630 g/mol. The van der Waals surface area contributed by atoms with Crippen LogP contribution in [0, 0.1) is 11.8 Å². The first-order chi connectivity index (χ1) is 20.4. The zero-order chi connectivity index (χ0) is 31.4. The summed E-state index contributed by atoms with van der Waals surface area (Å²) in [7, 11) is 0. The van der Waals surface area contributed by atoms with Gasteiger partial charge in [0.2, 0.25) is 0 Å². The second-order valence-corrected chi connectivity index (χ2v) is 13.8. The number of hydrogen-bond donors (Lipinski definition) is 2. The molecule has 0 saturated carbocycles. The maximum atomic E-state index is 14.8. The lowest BCUT2D eigenvalue weighted by atomic mass is 9.87. The Hall–Kier alpha value is -2.80. The summed E-state index contributed by atoms with van der Waals surface area (Å²) in [5.41, 5.74) is 1.91. The van der Waals surface area contributed by atoms with E-state index in [4.69, 9.17) is 9.47 Å². The lowest BCUT2D eigenvalue weighted by molar-refractivity contribution is -0.171. The van der Waals surface area contributed by atoms with E-state index in [0.29, 0.717) is 11.1 Å². The number of ketones is 1. The van der Waals surface area contributed by atoms with E-state index in [-0.39, 0.29) is 30.4 Å². The summed E-state index contributed by atoms with van der Waals surface area (Å²) in [6.07, 6.45) is 12.0. The van der Waals surface area contributed by atoms with Crippen LogP contribution in [0.4, 0.5) is 0 Å². The smallest absolute Gasteiger partial charge is 0.311 e. The Bertz CT molecular complexity index is 1390. The number of aliphatic hydroxyl groups is 2. The minimum absolute atomic E-state index is 0.143. The molecule has 10 nitrogen and oxygen atoms in total. The van der Waals surface area contributed by atoms with Crippen LogP contribution in [-0.2, 0) is 28.7 Å². The van der Waals surface area contributed by atoms with E-state index in [2.05, 4.69) is 0 Å². The summed E-state index contributed by atoms with van der Waals surface area (Å²) in [5.74, 6) is -3.50. The molecule has 0 bridgehead atoms. The second kappa shape index (κ2) is 11.6. The first-order valence-electron chi connectivity index (χ1n) is 14.3. The van der Waals surface area contributed by atoms with Crippen molar-refractivity contribution in [3.63, 3.8) is 0 Å². The quantitative estimate of drug-likeness (QED) is 0.305. The van der Waals surface area contributed by atoms with Gasteiger partial charge >= 0.3 is 5.97 Å². The first-order valence-corrected chi connectivity index (χ1v) is 16.7. The summed E-state index contributed by atoms with van der Waals surface area (Å²) in [5, 5.41) is 21.8. The number of nitrogens with zero attached hydrogens (tertiary/aromatic N) is 2. The molecular weight excluding hydrogens is 592 g/mol. The molecule has 0 unspecified atom stereocenters. The fourth-order valence-electron chi connectivity index (χ4n) is 6.87. The van der Waals surface area contributed by atoms with Gasteiger partial charge in [-0.2, -0.15) is 0 Å². The third-order valence-corrected chi connectivity index (χ3v) is 11.8. The average molecular weight is 631 g/mol. The largest absolute Gasteiger partial charge is 0.473 e. The average Bonchev–Trinajstić information content (AvgIpc) is 3.48. The number of Topliss-reactive ketones (excluding diaryl/α,β-unsaturated/α-hetero) is 1. The number of esters is 1. The topological polar surface area (TPSA) is 134 Å². The van der Waals surface area contributed by atoms with Crippen molar-refractivity contribution in [3.8, 4) is 0 Å². The number of aliphatic hydroxyl groups excluding tert-OH is 2. The maximum Gasteiger partial charge on any atom is 0.311 e. The van der Waals surface area contributed by atoms with Crippen molar-refractivity contribution in [1.82, 2.24) is 9.80 Å². The fourth-order valence-corrected chi connectivity index (χ4v) is 8.82. The van der Waals surface area contributed by atoms with Gasteiger partial charge in [-0.3, -0.25) is 19.2 Å². The van der Waals surface area contributed by atoms with Crippen LogP contribution in [0.5, 0.6) is 0 Å². The normalized spacial score (nSPS) is 35.0. The standard InChI is InChI=1S/C31H38N2O8S2/c1-7-16(2)25(35)17(3)26(36)18(4)27(37)41-22-11-12-40-15-20-14-31(43-6)28(38)32-23-19(9-8-10-21(23)34)13-30(32,42-5)29(39)33(31)24(20)22/h7-12,15,17-18,21-24,26,34,36H,13-14H2,1-6H3/t17-,18-,21+,22+,23+,24+,26+,30-,31-/m1/s1. The molecular formula is C31H38N2O8S2. The molecule has 5 aliphatic rings. The van der Waals surface area contributed by atoms with Gasteiger partial charge in [-0.1, -0.05) is 31.2 Å². The van der Waals surface area contributed by atoms with Crippen molar-refractivity contribution in [2.24, 2.45) is 11.8 Å². The van der Waals surface area contributed by atoms with E-state index in [1.807, 2.05) is 6.08 Å². The second-order valence-electron chi connectivity index (χ2n) is 11.7. The number of amides is 2. The molecule has 3 saturated heterocycles. The number of carbonyl (C=O) groups excluding carboxylic acids is 4. The summed E-state index contributed by atoms with van der Waals surface area (Å²) in [4.78, 5) is 55.9. The number of allylic oxidation sites excluding steroid dienone is 4. The SMILES string of the molecule is CC=C(C)C(=O)[C@@H](C)[C@H](O)[C@@H](C)C(=O)O[C@H]1C=COC=C2C[C@@]3(SC)C(=O)N4[C@H]5C(=CC=C[C@@H]5O)C[C@@]4(SC)C(=O)N3[C@@H]21. The summed E-state index contributed by atoms with van der Waals surface area (Å²) in [6.45, 7) is 6.46. The van der Waals surface area contributed by atoms with E-state index in [1.165, 1.54) is 49.0 Å². The Balaban J connectivity index is 1.49. The lowest BCUT2D eigenvalue weighted by Crippen LogP contribution is -2.74. The van der Waals surface area contributed by atoms with Crippen molar-refractivity contribution in [2.45, 2.75) is 80.7 Å². The highest BCUT2D eigenvalue weighted by Crippen LogP contribution is 2.59. The number of hydrogen-bond acceptors (Lipinski definition) is 10. The molecule has 0 radical (unpaired) electrons. The molecule has 5 rings (SSSR count). The van der Waals surface area contributed by atoms with Gasteiger partial charge in [0.05, 0.1) is 42.7 Å². The van der Waals surface area contributed by atoms with Crippen LogP contribution in [0.1, 0.15) is 40.5 Å².